The lowest BCUT2D eigenvalue weighted by molar-refractivity contribution is 0.0686. The number of hydrogen-bond acceptors (Lipinski definition) is 6. The van der Waals surface area contributed by atoms with Gasteiger partial charge in [0.05, 0.1) is 11.1 Å². The highest BCUT2D eigenvalue weighted by atomic mass is 16.4. The van der Waals surface area contributed by atoms with E-state index in [1.807, 2.05) is 0 Å². The van der Waals surface area contributed by atoms with E-state index in [1.165, 1.54) is 36.7 Å². The largest absolute Gasteiger partial charge is 0.478 e. The highest BCUT2D eigenvalue weighted by Crippen LogP contribution is 2.24. The summed E-state index contributed by atoms with van der Waals surface area (Å²) in [5.74, 6) is -1.11. The maximum Gasteiger partial charge on any atom is 0.335 e. The van der Waals surface area contributed by atoms with E-state index in [0.717, 1.165) is 0 Å². The van der Waals surface area contributed by atoms with Gasteiger partial charge in [-0.15, -0.1) is 0 Å². The lowest BCUT2D eigenvalue weighted by atomic mass is 10.2. The zero-order chi connectivity index (χ0) is 18.5. The van der Waals surface area contributed by atoms with E-state index >= 15 is 0 Å². The fourth-order valence-corrected chi connectivity index (χ4v) is 2.19. The Balaban J connectivity index is 1.79. The smallest absolute Gasteiger partial charge is 0.335 e. The summed E-state index contributed by atoms with van der Waals surface area (Å²) >= 11 is 0. The van der Waals surface area contributed by atoms with Crippen molar-refractivity contribution in [3.05, 3.63) is 72.1 Å². The van der Waals surface area contributed by atoms with Crippen LogP contribution in [0.1, 0.15) is 20.7 Å². The minimum atomic E-state index is -0.997. The van der Waals surface area contributed by atoms with Crippen LogP contribution in [0.2, 0.25) is 0 Å². The second-order valence-electron chi connectivity index (χ2n) is 5.27. The molecule has 0 radical (unpaired) electrons. The lowest BCUT2D eigenvalue weighted by Crippen LogP contribution is -2.03. The van der Waals surface area contributed by atoms with Crippen LogP contribution in [0.15, 0.2) is 60.9 Å². The second kappa shape index (κ2) is 7.31. The number of nitrogens with zero attached hydrogens (tertiary/aromatic N) is 2. The molecule has 26 heavy (non-hydrogen) atoms. The van der Waals surface area contributed by atoms with Crippen LogP contribution in [0.4, 0.5) is 23.0 Å². The number of anilines is 4. The molecule has 0 bridgehead atoms. The van der Waals surface area contributed by atoms with Gasteiger partial charge in [-0.3, -0.25) is 0 Å². The highest BCUT2D eigenvalue weighted by Gasteiger charge is 2.08. The monoisotopic (exact) mass is 350 g/mol. The highest BCUT2D eigenvalue weighted by molar-refractivity contribution is 5.89. The maximum absolute atomic E-state index is 10.9. The SMILES string of the molecule is O=C(O)c1ccc(Nc2nccnc2Nc2ccc(C(=O)O)cc2)cc1. The van der Waals surface area contributed by atoms with E-state index in [1.54, 1.807) is 24.3 Å². The first-order valence-electron chi connectivity index (χ1n) is 7.55. The van der Waals surface area contributed by atoms with E-state index in [4.69, 9.17) is 10.2 Å². The van der Waals surface area contributed by atoms with Crippen LogP contribution < -0.4 is 10.6 Å². The number of aromatic nitrogens is 2. The van der Waals surface area contributed by atoms with Crippen molar-refractivity contribution in [1.29, 1.82) is 0 Å². The van der Waals surface area contributed by atoms with Gasteiger partial charge < -0.3 is 20.8 Å². The van der Waals surface area contributed by atoms with Gasteiger partial charge in [0.25, 0.3) is 0 Å². The van der Waals surface area contributed by atoms with Crippen LogP contribution in [0.3, 0.4) is 0 Å². The quantitative estimate of drug-likeness (QED) is 0.533. The van der Waals surface area contributed by atoms with E-state index in [0.29, 0.717) is 23.0 Å². The van der Waals surface area contributed by atoms with E-state index in [9.17, 15) is 9.59 Å². The van der Waals surface area contributed by atoms with Crippen LogP contribution in [0.25, 0.3) is 0 Å². The molecule has 8 nitrogen and oxygen atoms in total. The zero-order valence-corrected chi connectivity index (χ0v) is 13.4. The molecule has 130 valence electrons. The predicted molar refractivity (Wildman–Crippen MR) is 95.4 cm³/mol. The summed E-state index contributed by atoms with van der Waals surface area (Å²) < 4.78 is 0. The Bertz CT molecular complexity index is 862. The number of nitrogens with one attached hydrogen (secondary N) is 2. The van der Waals surface area contributed by atoms with E-state index in [2.05, 4.69) is 20.6 Å². The molecule has 3 rings (SSSR count). The fraction of sp³-hybridized carbons (Fsp3) is 0. The van der Waals surface area contributed by atoms with Gasteiger partial charge in [-0.25, -0.2) is 19.6 Å². The molecule has 0 unspecified atom stereocenters. The molecule has 2 aromatic carbocycles. The van der Waals surface area contributed by atoms with Crippen molar-refractivity contribution in [3.63, 3.8) is 0 Å². The predicted octanol–water partition coefficient (Wildman–Crippen LogP) is 3.36. The van der Waals surface area contributed by atoms with Crippen LogP contribution >= 0.6 is 0 Å². The molecule has 0 aliphatic heterocycles. The van der Waals surface area contributed by atoms with Gasteiger partial charge in [0, 0.05) is 23.8 Å². The molecule has 4 N–H and O–H groups in total. The fourth-order valence-electron chi connectivity index (χ4n) is 2.19. The van der Waals surface area contributed by atoms with Crippen molar-refractivity contribution in [2.45, 2.75) is 0 Å². The normalized spacial score (nSPS) is 10.2. The van der Waals surface area contributed by atoms with Crippen LogP contribution in [-0.2, 0) is 0 Å². The zero-order valence-electron chi connectivity index (χ0n) is 13.4. The summed E-state index contributed by atoms with van der Waals surface area (Å²) in [7, 11) is 0. The molecule has 1 heterocycles. The summed E-state index contributed by atoms with van der Waals surface area (Å²) in [6, 6.07) is 12.5. The average molecular weight is 350 g/mol. The number of hydrogen-bond donors (Lipinski definition) is 4. The summed E-state index contributed by atoms with van der Waals surface area (Å²) in [4.78, 5) is 30.3. The van der Waals surface area contributed by atoms with Crippen molar-refractivity contribution < 1.29 is 19.8 Å². The molecule has 0 aliphatic carbocycles. The molecular formula is C18H14N4O4. The Morgan fingerprint density at radius 2 is 1.00 bits per heavy atom. The summed E-state index contributed by atoms with van der Waals surface area (Å²) in [6.07, 6.45) is 3.04. The molecule has 0 saturated carbocycles. The minimum absolute atomic E-state index is 0.187. The number of carboxylic acid groups (broad SMARTS) is 2. The standard InChI is InChI=1S/C18H14N4O4/c23-17(24)11-1-5-13(6-2-11)21-15-16(20-10-9-19-15)22-14-7-3-12(4-8-14)18(25)26/h1-10H,(H,19,21)(H,20,22)(H,23,24)(H,25,26). The minimum Gasteiger partial charge on any atom is -0.478 e. The van der Waals surface area contributed by atoms with Gasteiger partial charge in [-0.2, -0.15) is 0 Å². The van der Waals surface area contributed by atoms with Gasteiger partial charge in [0.2, 0.25) is 0 Å². The van der Waals surface area contributed by atoms with Crippen molar-refractivity contribution in [2.24, 2.45) is 0 Å². The number of carbonyl (C=O) groups is 2. The Morgan fingerprint density at radius 1 is 0.654 bits per heavy atom. The van der Waals surface area contributed by atoms with Crippen molar-refractivity contribution in [2.75, 3.05) is 10.6 Å². The van der Waals surface area contributed by atoms with E-state index in [-0.39, 0.29) is 11.1 Å². The Labute approximate surface area is 148 Å². The van der Waals surface area contributed by atoms with Gasteiger partial charge >= 0.3 is 11.9 Å². The first-order valence-corrected chi connectivity index (χ1v) is 7.55. The average Bonchev–Trinajstić information content (AvgIpc) is 2.64. The Morgan fingerprint density at radius 3 is 1.31 bits per heavy atom. The van der Waals surface area contributed by atoms with Gasteiger partial charge in [0.15, 0.2) is 11.6 Å². The van der Waals surface area contributed by atoms with Crippen LogP contribution in [0, 0.1) is 0 Å². The molecular weight excluding hydrogens is 336 g/mol. The Hall–Kier alpha value is -3.94. The van der Waals surface area contributed by atoms with Gasteiger partial charge in [-0.1, -0.05) is 0 Å². The Kier molecular flexibility index (Phi) is 4.75. The summed E-state index contributed by atoms with van der Waals surface area (Å²) in [5, 5.41) is 24.0. The van der Waals surface area contributed by atoms with Crippen molar-refractivity contribution >= 4 is 34.9 Å². The molecule has 0 amide bonds. The molecule has 0 saturated heterocycles. The topological polar surface area (TPSA) is 124 Å². The van der Waals surface area contributed by atoms with Crippen LogP contribution in [-0.4, -0.2) is 32.1 Å². The molecule has 0 spiro atoms. The third-order valence-corrected chi connectivity index (χ3v) is 3.49. The summed E-state index contributed by atoms with van der Waals surface area (Å²) in [6.45, 7) is 0. The number of benzene rings is 2. The lowest BCUT2D eigenvalue weighted by Gasteiger charge is -2.12. The van der Waals surface area contributed by atoms with Gasteiger partial charge in [-0.05, 0) is 48.5 Å². The molecule has 0 aliphatic rings. The van der Waals surface area contributed by atoms with E-state index < -0.39 is 11.9 Å². The second-order valence-corrected chi connectivity index (χ2v) is 5.27. The number of aromatic carboxylic acids is 2. The molecule has 3 aromatic rings. The third kappa shape index (κ3) is 3.93. The van der Waals surface area contributed by atoms with Gasteiger partial charge in [0.1, 0.15) is 0 Å². The first-order chi connectivity index (χ1) is 12.5. The molecule has 8 heteroatoms. The van der Waals surface area contributed by atoms with Crippen molar-refractivity contribution in [3.8, 4) is 0 Å². The third-order valence-electron chi connectivity index (χ3n) is 3.49. The van der Waals surface area contributed by atoms with Crippen molar-refractivity contribution in [1.82, 2.24) is 9.97 Å². The molecule has 1 aromatic heterocycles. The summed E-state index contributed by atoms with van der Waals surface area (Å²) in [5.41, 5.74) is 1.68. The first kappa shape index (κ1) is 16.9. The molecule has 0 atom stereocenters. The molecule has 0 fully saturated rings. The number of carboxylic acids is 2. The number of rotatable bonds is 6. The maximum atomic E-state index is 10.9. The van der Waals surface area contributed by atoms with Crippen LogP contribution in [0.5, 0.6) is 0 Å².